The average molecular weight is 345 g/mol. The van der Waals surface area contributed by atoms with E-state index < -0.39 is 12.0 Å². The number of halogens is 1. The Kier molecular flexibility index (Phi) is 6.26. The Morgan fingerprint density at radius 2 is 2.10 bits per heavy atom. The number of carbonyl (C=O) groups excluding carboxylic acids is 1. The van der Waals surface area contributed by atoms with Gasteiger partial charge in [-0.25, -0.2) is 4.79 Å². The Labute approximate surface area is 127 Å². The minimum Gasteiger partial charge on any atom is -0.480 e. The number of carbonyl (C=O) groups is 2. The van der Waals surface area contributed by atoms with E-state index in [1.807, 2.05) is 31.5 Å². The number of carboxylic acids is 1. The first-order chi connectivity index (χ1) is 9.35. The molecule has 0 saturated carbocycles. The fourth-order valence-corrected chi connectivity index (χ4v) is 2.48. The van der Waals surface area contributed by atoms with Gasteiger partial charge in [0.2, 0.25) is 0 Å². The molecule has 1 heterocycles. The van der Waals surface area contributed by atoms with Crippen LogP contribution in [0.25, 0.3) is 0 Å². The molecule has 0 spiro atoms. The lowest BCUT2D eigenvalue weighted by atomic mass is 10.0. The van der Waals surface area contributed by atoms with Gasteiger partial charge in [-0.3, -0.25) is 4.79 Å². The van der Waals surface area contributed by atoms with E-state index in [9.17, 15) is 9.59 Å². The van der Waals surface area contributed by atoms with Crippen LogP contribution in [0, 0.1) is 5.92 Å². The Morgan fingerprint density at radius 1 is 1.45 bits per heavy atom. The molecule has 112 valence electrons. The third-order valence-corrected chi connectivity index (χ3v) is 3.30. The van der Waals surface area contributed by atoms with Gasteiger partial charge >= 0.3 is 5.97 Å². The van der Waals surface area contributed by atoms with E-state index in [0.29, 0.717) is 12.1 Å². The summed E-state index contributed by atoms with van der Waals surface area (Å²) in [5, 5.41) is 11.8. The summed E-state index contributed by atoms with van der Waals surface area (Å²) < 4.78 is 2.64. The lowest BCUT2D eigenvalue weighted by Crippen LogP contribution is -2.42. The molecule has 6 heteroatoms. The number of aliphatic carboxylic acids is 1. The summed E-state index contributed by atoms with van der Waals surface area (Å²) in [6.07, 6.45) is 3.14. The minimum atomic E-state index is -1.00. The molecule has 0 aromatic carbocycles. The van der Waals surface area contributed by atoms with Crippen molar-refractivity contribution >= 4 is 27.8 Å². The molecule has 2 N–H and O–H groups in total. The van der Waals surface area contributed by atoms with Crippen molar-refractivity contribution in [1.82, 2.24) is 9.88 Å². The van der Waals surface area contributed by atoms with Crippen molar-refractivity contribution in [2.75, 3.05) is 0 Å². The first-order valence-electron chi connectivity index (χ1n) is 6.74. The van der Waals surface area contributed by atoms with Crippen LogP contribution < -0.4 is 5.32 Å². The molecule has 1 amide bonds. The lowest BCUT2D eigenvalue weighted by Gasteiger charge is -2.17. The van der Waals surface area contributed by atoms with Crippen LogP contribution in [0.2, 0.25) is 0 Å². The highest BCUT2D eigenvalue weighted by Crippen LogP contribution is 2.16. The number of aromatic nitrogens is 1. The molecule has 20 heavy (non-hydrogen) atoms. The van der Waals surface area contributed by atoms with E-state index in [4.69, 9.17) is 5.11 Å². The summed E-state index contributed by atoms with van der Waals surface area (Å²) >= 11 is 3.34. The average Bonchev–Trinajstić information content (AvgIpc) is 2.69. The molecule has 1 aromatic heterocycles. The van der Waals surface area contributed by atoms with Crippen LogP contribution in [0.5, 0.6) is 0 Å². The number of rotatable bonds is 7. The second-order valence-electron chi connectivity index (χ2n) is 5.23. The Bertz CT molecular complexity index is 483. The van der Waals surface area contributed by atoms with Crippen molar-refractivity contribution in [3.63, 3.8) is 0 Å². The highest BCUT2D eigenvalue weighted by Gasteiger charge is 2.23. The zero-order valence-corrected chi connectivity index (χ0v) is 13.6. The molecule has 5 nitrogen and oxygen atoms in total. The van der Waals surface area contributed by atoms with Crippen LogP contribution in [0.4, 0.5) is 0 Å². The van der Waals surface area contributed by atoms with Crippen molar-refractivity contribution in [1.29, 1.82) is 0 Å². The fourth-order valence-electron chi connectivity index (χ4n) is 2.02. The normalized spacial score (nSPS) is 12.4. The van der Waals surface area contributed by atoms with Gasteiger partial charge in [-0.15, -0.1) is 0 Å². The largest absolute Gasteiger partial charge is 0.480 e. The lowest BCUT2D eigenvalue weighted by molar-refractivity contribution is -0.139. The summed E-state index contributed by atoms with van der Waals surface area (Å²) in [5.41, 5.74) is 0.480. The number of aryl methyl sites for hydroxylation is 1. The number of carboxylic acid groups (broad SMARTS) is 1. The molecule has 0 radical (unpaired) electrons. The maximum Gasteiger partial charge on any atom is 0.326 e. The number of hydrogen-bond acceptors (Lipinski definition) is 2. The summed E-state index contributed by atoms with van der Waals surface area (Å²) in [7, 11) is 0. The molecular formula is C14H21BrN2O3. The van der Waals surface area contributed by atoms with Crippen molar-refractivity contribution in [2.24, 2.45) is 5.92 Å². The highest BCUT2D eigenvalue weighted by atomic mass is 79.9. The zero-order chi connectivity index (χ0) is 15.3. The quantitative estimate of drug-likeness (QED) is 0.798. The molecule has 1 aromatic rings. The molecule has 0 saturated heterocycles. The highest BCUT2D eigenvalue weighted by molar-refractivity contribution is 9.10. The maximum absolute atomic E-state index is 12.2. The molecule has 0 unspecified atom stereocenters. The van der Waals surface area contributed by atoms with Crippen LogP contribution in [0.15, 0.2) is 16.7 Å². The predicted octanol–water partition coefficient (Wildman–Crippen LogP) is 2.89. The second-order valence-corrected chi connectivity index (χ2v) is 6.15. The summed E-state index contributed by atoms with van der Waals surface area (Å²) in [6, 6.07) is 0.852. The summed E-state index contributed by atoms with van der Waals surface area (Å²) in [4.78, 5) is 23.4. The van der Waals surface area contributed by atoms with Gasteiger partial charge in [0.15, 0.2) is 0 Å². The molecule has 0 bridgehead atoms. The summed E-state index contributed by atoms with van der Waals surface area (Å²) in [5.74, 6) is -1.15. The number of nitrogens with one attached hydrogen (secondary N) is 1. The van der Waals surface area contributed by atoms with Gasteiger partial charge in [-0.1, -0.05) is 20.8 Å². The van der Waals surface area contributed by atoms with Gasteiger partial charge in [0.25, 0.3) is 5.91 Å². The van der Waals surface area contributed by atoms with Crippen molar-refractivity contribution < 1.29 is 14.7 Å². The Hall–Kier alpha value is -1.30. The van der Waals surface area contributed by atoms with E-state index in [1.54, 1.807) is 6.07 Å². The SMILES string of the molecule is CCCn1cc(Br)cc1C(=O)N[C@H](CC(C)C)C(=O)O. The summed E-state index contributed by atoms with van der Waals surface area (Å²) in [6.45, 7) is 6.60. The van der Waals surface area contributed by atoms with E-state index in [1.165, 1.54) is 0 Å². The van der Waals surface area contributed by atoms with E-state index in [-0.39, 0.29) is 11.8 Å². The van der Waals surface area contributed by atoms with Gasteiger partial charge < -0.3 is 15.0 Å². The third kappa shape index (κ3) is 4.67. The number of hydrogen-bond donors (Lipinski definition) is 2. The molecular weight excluding hydrogens is 324 g/mol. The van der Waals surface area contributed by atoms with Gasteiger partial charge in [-0.2, -0.15) is 0 Å². The van der Waals surface area contributed by atoms with Crippen molar-refractivity contribution in [3.05, 3.63) is 22.4 Å². The van der Waals surface area contributed by atoms with E-state index in [0.717, 1.165) is 17.4 Å². The molecule has 0 aliphatic carbocycles. The second kappa shape index (κ2) is 7.47. The van der Waals surface area contributed by atoms with Gasteiger partial charge in [0, 0.05) is 17.2 Å². The van der Waals surface area contributed by atoms with Gasteiger partial charge in [-0.05, 0) is 40.8 Å². The van der Waals surface area contributed by atoms with Crippen molar-refractivity contribution in [3.8, 4) is 0 Å². The third-order valence-electron chi connectivity index (χ3n) is 2.87. The van der Waals surface area contributed by atoms with Crippen LogP contribution in [-0.2, 0) is 11.3 Å². The Morgan fingerprint density at radius 3 is 2.60 bits per heavy atom. The molecule has 1 rings (SSSR count). The van der Waals surface area contributed by atoms with Crippen molar-refractivity contribution in [2.45, 2.75) is 46.2 Å². The van der Waals surface area contributed by atoms with Crippen LogP contribution >= 0.6 is 15.9 Å². The molecule has 0 aliphatic heterocycles. The fraction of sp³-hybridized carbons (Fsp3) is 0.571. The first kappa shape index (κ1) is 16.8. The van der Waals surface area contributed by atoms with Crippen LogP contribution in [-0.4, -0.2) is 27.6 Å². The van der Waals surface area contributed by atoms with E-state index >= 15 is 0 Å². The van der Waals surface area contributed by atoms with Crippen LogP contribution in [0.1, 0.15) is 44.1 Å². The Balaban J connectivity index is 2.85. The topological polar surface area (TPSA) is 71.3 Å². The minimum absolute atomic E-state index is 0.200. The smallest absolute Gasteiger partial charge is 0.326 e. The van der Waals surface area contributed by atoms with Crippen LogP contribution in [0.3, 0.4) is 0 Å². The zero-order valence-electron chi connectivity index (χ0n) is 12.0. The molecule has 0 fully saturated rings. The molecule has 1 atom stereocenters. The number of nitrogens with zero attached hydrogens (tertiary/aromatic N) is 1. The van der Waals surface area contributed by atoms with Gasteiger partial charge in [0.1, 0.15) is 11.7 Å². The van der Waals surface area contributed by atoms with E-state index in [2.05, 4.69) is 21.2 Å². The predicted molar refractivity (Wildman–Crippen MR) is 80.8 cm³/mol. The molecule has 0 aliphatic rings. The standard InChI is InChI=1S/C14H21BrN2O3/c1-4-5-17-8-10(15)7-12(17)13(18)16-11(14(19)20)6-9(2)3/h7-9,11H,4-6H2,1-3H3,(H,16,18)(H,19,20)/t11-/m1/s1. The van der Waals surface area contributed by atoms with Gasteiger partial charge in [0.05, 0.1) is 0 Å². The monoisotopic (exact) mass is 344 g/mol. The number of amides is 1. The first-order valence-corrected chi connectivity index (χ1v) is 7.53. The maximum atomic E-state index is 12.2.